The van der Waals surface area contributed by atoms with Crippen molar-refractivity contribution < 1.29 is 27.9 Å². The Morgan fingerprint density at radius 2 is 1.72 bits per heavy atom. The molecule has 0 saturated carbocycles. The molecular weight excluding hydrogens is 427 g/mol. The molecule has 0 unspecified atom stereocenters. The number of aromatic nitrogens is 3. The van der Waals surface area contributed by atoms with Crippen LogP contribution >= 0.6 is 0 Å². The highest BCUT2D eigenvalue weighted by molar-refractivity contribution is 5.93. The van der Waals surface area contributed by atoms with Crippen LogP contribution < -0.4 is 4.90 Å². The summed E-state index contributed by atoms with van der Waals surface area (Å²) < 4.78 is 31.7. The number of nitrogens with zero attached hydrogens (tertiary/aromatic N) is 5. The first kappa shape index (κ1) is 23.4. The molecule has 0 radical (unpaired) electrons. The number of carbonyl (C=O) groups is 2. The molecule has 2 aliphatic rings. The Balaban J connectivity index is 0.000000360. The average Bonchev–Trinajstić information content (AvgIpc) is 3.21. The van der Waals surface area contributed by atoms with Crippen LogP contribution in [0.1, 0.15) is 40.2 Å². The molecule has 0 aliphatic carbocycles. The summed E-state index contributed by atoms with van der Waals surface area (Å²) in [5, 5.41) is 7.12. The van der Waals surface area contributed by atoms with Crippen LogP contribution in [0.15, 0.2) is 24.5 Å². The maximum atomic E-state index is 12.7. The minimum Gasteiger partial charge on any atom is -0.475 e. The van der Waals surface area contributed by atoms with Gasteiger partial charge in [-0.25, -0.2) is 14.8 Å². The molecular formula is C21H24F3N5O3. The molecule has 2 aromatic rings. The van der Waals surface area contributed by atoms with Gasteiger partial charge < -0.3 is 14.9 Å². The van der Waals surface area contributed by atoms with Gasteiger partial charge >= 0.3 is 12.1 Å². The van der Waals surface area contributed by atoms with Gasteiger partial charge in [0.1, 0.15) is 0 Å². The monoisotopic (exact) mass is 451 g/mol. The predicted octanol–water partition coefficient (Wildman–Crippen LogP) is 2.65. The second kappa shape index (κ2) is 9.92. The first-order valence-corrected chi connectivity index (χ1v) is 10.3. The minimum atomic E-state index is -5.08. The summed E-state index contributed by atoms with van der Waals surface area (Å²) in [6.07, 6.45) is 2.27. The molecule has 4 heterocycles. The van der Waals surface area contributed by atoms with Crippen LogP contribution in [0, 0.1) is 6.92 Å². The molecule has 8 nitrogen and oxygen atoms in total. The van der Waals surface area contributed by atoms with Gasteiger partial charge in [0.2, 0.25) is 5.95 Å². The zero-order chi connectivity index (χ0) is 23.3. The summed E-state index contributed by atoms with van der Waals surface area (Å²) in [5.41, 5.74) is 4.02. The maximum absolute atomic E-state index is 12.7. The lowest BCUT2D eigenvalue weighted by Gasteiger charge is -2.19. The van der Waals surface area contributed by atoms with E-state index in [1.165, 1.54) is 18.4 Å². The number of aryl methyl sites for hydroxylation is 1. The van der Waals surface area contributed by atoms with Crippen LogP contribution in [-0.2, 0) is 17.6 Å². The number of hydrogen-bond acceptors (Lipinski definition) is 6. The SMILES string of the molecule is Cc1nc(N2CCCC2)nc2c1CCN(C(=O)c1cccnc1)CC2.O=C(O)C(F)(F)F. The third-order valence-electron chi connectivity index (χ3n) is 5.37. The summed E-state index contributed by atoms with van der Waals surface area (Å²) >= 11 is 0. The van der Waals surface area contributed by atoms with E-state index in [1.807, 2.05) is 11.0 Å². The lowest BCUT2D eigenvalue weighted by molar-refractivity contribution is -0.192. The highest BCUT2D eigenvalue weighted by Crippen LogP contribution is 2.23. The molecule has 11 heteroatoms. The number of halogens is 3. The van der Waals surface area contributed by atoms with Crippen molar-refractivity contribution in [3.8, 4) is 0 Å². The van der Waals surface area contributed by atoms with E-state index in [2.05, 4.69) is 16.8 Å². The van der Waals surface area contributed by atoms with Crippen molar-refractivity contribution in [2.75, 3.05) is 31.1 Å². The fourth-order valence-corrected chi connectivity index (χ4v) is 3.70. The van der Waals surface area contributed by atoms with Gasteiger partial charge in [-0.1, -0.05) is 0 Å². The van der Waals surface area contributed by atoms with Gasteiger partial charge in [-0.15, -0.1) is 0 Å². The van der Waals surface area contributed by atoms with Crippen molar-refractivity contribution in [3.05, 3.63) is 47.0 Å². The van der Waals surface area contributed by atoms with Crippen LogP contribution in [0.5, 0.6) is 0 Å². The quantitative estimate of drug-likeness (QED) is 0.749. The first-order valence-electron chi connectivity index (χ1n) is 10.3. The number of fused-ring (bicyclic) bond motifs is 1. The minimum absolute atomic E-state index is 0.0475. The molecule has 4 rings (SSSR count). The Hall–Kier alpha value is -3.24. The Bertz CT molecular complexity index is 963. The lowest BCUT2D eigenvalue weighted by atomic mass is 10.1. The van der Waals surface area contributed by atoms with E-state index in [1.54, 1.807) is 18.5 Å². The Labute approximate surface area is 183 Å². The molecule has 1 saturated heterocycles. The van der Waals surface area contributed by atoms with Crippen LogP contribution in [0.2, 0.25) is 0 Å². The molecule has 0 atom stereocenters. The summed E-state index contributed by atoms with van der Waals surface area (Å²) in [4.78, 5) is 39.4. The molecule has 0 bridgehead atoms. The van der Waals surface area contributed by atoms with E-state index in [0.29, 0.717) is 18.7 Å². The second-order valence-corrected chi connectivity index (χ2v) is 7.57. The molecule has 0 spiro atoms. The lowest BCUT2D eigenvalue weighted by Crippen LogP contribution is -2.33. The maximum Gasteiger partial charge on any atom is 0.490 e. The smallest absolute Gasteiger partial charge is 0.475 e. The molecule has 32 heavy (non-hydrogen) atoms. The number of carbonyl (C=O) groups excluding carboxylic acids is 1. The Morgan fingerprint density at radius 1 is 1.06 bits per heavy atom. The molecule has 2 aliphatic heterocycles. The number of anilines is 1. The van der Waals surface area contributed by atoms with Gasteiger partial charge in [0.05, 0.1) is 11.3 Å². The highest BCUT2D eigenvalue weighted by atomic mass is 19.4. The zero-order valence-corrected chi connectivity index (χ0v) is 17.6. The standard InChI is InChI=1S/C19H23N5O.C2HF3O2/c1-14-16-6-11-23(18(25)15-5-4-8-20-13-15)12-7-17(16)22-19(21-14)24-9-2-3-10-24;3-2(4,5)1(6)7/h4-5,8,13H,2-3,6-7,9-12H2,1H3;(H,6,7). The molecule has 1 fully saturated rings. The highest BCUT2D eigenvalue weighted by Gasteiger charge is 2.38. The largest absolute Gasteiger partial charge is 0.490 e. The van der Waals surface area contributed by atoms with Gasteiger partial charge in [-0.05, 0) is 43.9 Å². The summed E-state index contributed by atoms with van der Waals surface area (Å²) in [7, 11) is 0. The van der Waals surface area contributed by atoms with E-state index >= 15 is 0 Å². The number of rotatable bonds is 2. The van der Waals surface area contributed by atoms with Gasteiger partial charge in [0, 0.05) is 50.7 Å². The number of alkyl halides is 3. The van der Waals surface area contributed by atoms with Crippen LogP contribution in [-0.4, -0.2) is 69.2 Å². The number of hydrogen-bond donors (Lipinski definition) is 1. The summed E-state index contributed by atoms with van der Waals surface area (Å²) in [5.74, 6) is -1.85. The number of carboxylic acids is 1. The fourth-order valence-electron chi connectivity index (χ4n) is 3.70. The van der Waals surface area contributed by atoms with Gasteiger partial charge in [0.25, 0.3) is 5.91 Å². The molecule has 1 N–H and O–H groups in total. The molecule has 0 aromatic carbocycles. The molecule has 1 amide bonds. The van der Waals surface area contributed by atoms with Gasteiger partial charge in [-0.2, -0.15) is 13.2 Å². The molecule has 2 aromatic heterocycles. The predicted molar refractivity (Wildman–Crippen MR) is 109 cm³/mol. The van der Waals surface area contributed by atoms with Crippen molar-refractivity contribution >= 4 is 17.8 Å². The second-order valence-electron chi connectivity index (χ2n) is 7.57. The Morgan fingerprint density at radius 3 is 2.31 bits per heavy atom. The van der Waals surface area contributed by atoms with Crippen LogP contribution in [0.25, 0.3) is 0 Å². The summed E-state index contributed by atoms with van der Waals surface area (Å²) in [6, 6.07) is 3.63. The third kappa shape index (κ3) is 5.71. The van der Waals surface area contributed by atoms with Crippen LogP contribution in [0.3, 0.4) is 0 Å². The van der Waals surface area contributed by atoms with E-state index in [-0.39, 0.29) is 5.91 Å². The van der Waals surface area contributed by atoms with E-state index in [4.69, 9.17) is 19.9 Å². The van der Waals surface area contributed by atoms with E-state index in [9.17, 15) is 18.0 Å². The number of pyridine rings is 1. The summed E-state index contributed by atoms with van der Waals surface area (Å²) in [6.45, 7) is 5.55. The Kier molecular flexibility index (Phi) is 7.26. The molecule has 172 valence electrons. The number of amides is 1. The zero-order valence-electron chi connectivity index (χ0n) is 17.6. The van der Waals surface area contributed by atoms with E-state index < -0.39 is 12.1 Å². The fraction of sp³-hybridized carbons (Fsp3) is 0.476. The van der Waals surface area contributed by atoms with Crippen molar-refractivity contribution in [3.63, 3.8) is 0 Å². The van der Waals surface area contributed by atoms with Crippen LogP contribution in [0.4, 0.5) is 19.1 Å². The average molecular weight is 451 g/mol. The first-order chi connectivity index (χ1) is 15.2. The van der Waals surface area contributed by atoms with Crippen molar-refractivity contribution in [2.24, 2.45) is 0 Å². The van der Waals surface area contributed by atoms with E-state index in [0.717, 1.165) is 43.3 Å². The number of aliphatic carboxylic acids is 1. The normalized spacial score (nSPS) is 16.0. The van der Waals surface area contributed by atoms with Crippen molar-refractivity contribution in [1.82, 2.24) is 19.9 Å². The van der Waals surface area contributed by atoms with Gasteiger partial charge in [-0.3, -0.25) is 9.78 Å². The topological polar surface area (TPSA) is 99.5 Å². The number of carboxylic acid groups (broad SMARTS) is 1. The third-order valence-corrected chi connectivity index (χ3v) is 5.37. The van der Waals surface area contributed by atoms with Crippen molar-refractivity contribution in [1.29, 1.82) is 0 Å². The van der Waals surface area contributed by atoms with Crippen molar-refractivity contribution in [2.45, 2.75) is 38.8 Å². The van der Waals surface area contributed by atoms with Gasteiger partial charge in [0.15, 0.2) is 0 Å².